The van der Waals surface area contributed by atoms with Gasteiger partial charge in [0.25, 0.3) is 5.92 Å². The number of carbonyl (C=O) groups excluding carboxylic acids is 1. The lowest BCUT2D eigenvalue weighted by atomic mass is 9.74. The van der Waals surface area contributed by atoms with Crippen LogP contribution < -0.4 is 30.3 Å². The van der Waals surface area contributed by atoms with Gasteiger partial charge >= 0.3 is 12.0 Å². The second-order valence-corrected chi connectivity index (χ2v) is 29.3. The number of aromatic nitrogens is 4. The van der Waals surface area contributed by atoms with Crippen LogP contribution in [0.4, 0.5) is 52.4 Å². The SMILES string of the molecule is COc1nc(N2CCCCC3(CN(C(C)=O)C3)C2)c2cc(Cl)c(-c3ccc(F)c4sc(NC5CCN(c6nc(OC[C@@]78CCCN7C[C@H](F)C8)nc7c(F)c(-c8ccc(F)c9sc(N)c(C#N)c89)c(Cl)cc67)CC6(C5)CN(CC5CC5(F)F)C6)c(C#N)c34)c(F)c2n1. The summed E-state index contributed by atoms with van der Waals surface area (Å²) in [5.41, 5.74) is 4.37. The number of nitrogens with one attached hydrogen (secondary N) is 1. The van der Waals surface area contributed by atoms with Crippen molar-refractivity contribution in [1.82, 2.24) is 34.6 Å². The van der Waals surface area contributed by atoms with E-state index in [0.717, 1.165) is 54.4 Å². The van der Waals surface area contributed by atoms with E-state index in [0.29, 0.717) is 81.3 Å². The number of anilines is 4. The van der Waals surface area contributed by atoms with Crippen LogP contribution >= 0.6 is 45.9 Å². The molecule has 1 aliphatic carbocycles. The topological polar surface area (TPSA) is 189 Å². The van der Waals surface area contributed by atoms with Gasteiger partial charge in [0, 0.05) is 141 Å². The molecule has 7 aliphatic rings. The summed E-state index contributed by atoms with van der Waals surface area (Å²) in [6, 6.07) is 11.8. The van der Waals surface area contributed by atoms with Crippen LogP contribution in [-0.2, 0) is 4.79 Å². The third kappa shape index (κ3) is 10.1. The molecule has 10 heterocycles. The van der Waals surface area contributed by atoms with Crippen LogP contribution in [0, 0.1) is 62.7 Å². The first-order valence-electron chi connectivity index (χ1n) is 30.7. The number of alkyl halides is 3. The Morgan fingerprint density at radius 3 is 2.00 bits per heavy atom. The number of hydrogen-bond donors (Lipinski definition) is 2. The van der Waals surface area contributed by atoms with Gasteiger partial charge in [-0.15, -0.1) is 22.7 Å². The van der Waals surface area contributed by atoms with Crippen molar-refractivity contribution >= 4 is 115 Å². The molecule has 6 aliphatic heterocycles. The Bertz CT molecular complexity index is 4510. The van der Waals surface area contributed by atoms with Crippen molar-refractivity contribution in [1.29, 1.82) is 10.5 Å². The highest BCUT2D eigenvalue weighted by Gasteiger charge is 2.59. The molecule has 27 heteroatoms. The van der Waals surface area contributed by atoms with E-state index in [1.165, 1.54) is 31.4 Å². The predicted molar refractivity (Wildman–Crippen MR) is 341 cm³/mol. The molecule has 4 aromatic carbocycles. The Morgan fingerprint density at radius 1 is 0.761 bits per heavy atom. The van der Waals surface area contributed by atoms with E-state index in [-0.39, 0.29) is 160 Å². The fourth-order valence-electron chi connectivity index (χ4n) is 16.0. The van der Waals surface area contributed by atoms with Gasteiger partial charge in [0.2, 0.25) is 5.91 Å². The first-order chi connectivity index (χ1) is 44.1. The van der Waals surface area contributed by atoms with Crippen LogP contribution in [0.25, 0.3) is 64.2 Å². The normalized spacial score (nSPS) is 23.4. The van der Waals surface area contributed by atoms with E-state index in [1.54, 1.807) is 13.0 Å². The van der Waals surface area contributed by atoms with Gasteiger partial charge in [0.15, 0.2) is 11.6 Å². The number of amides is 1. The quantitative estimate of drug-likeness (QED) is 0.110. The van der Waals surface area contributed by atoms with Crippen molar-refractivity contribution in [2.75, 3.05) is 107 Å². The number of nitriles is 2. The number of rotatable bonds is 12. The number of methoxy groups -OCH3 is 1. The van der Waals surface area contributed by atoms with Gasteiger partial charge in [-0.05, 0) is 80.5 Å². The van der Waals surface area contributed by atoms with Gasteiger partial charge in [0.1, 0.15) is 69.2 Å². The molecule has 3 N–H and O–H groups in total. The molecular weight excluding hydrogens is 1280 g/mol. The molecule has 92 heavy (non-hydrogen) atoms. The number of nitrogens with two attached hydrogens (primary N) is 1. The fourth-order valence-corrected chi connectivity index (χ4v) is 18.7. The highest BCUT2D eigenvalue weighted by Crippen LogP contribution is 2.54. The summed E-state index contributed by atoms with van der Waals surface area (Å²) in [6.07, 6.45) is 3.81. The highest BCUT2D eigenvalue weighted by molar-refractivity contribution is 7.23. The standard InChI is InChI=1S/C65H60Cl2F7N13O3S2/c1-32(88)86-28-62(29-86)11-3-4-13-84(27-62)57-38-16-43(67)49(50(71)52(38)79-60(81-57)89-2)37-7-9-45(70)55-47(37)41(22-76)59(92-55)78-35-10-15-85(30-63(20-35)25-83(26-63)23-33-18-65(33,73)74)58-39-17-42(66)48(36-6-8-44(69)54-46(36)40(21-75)56(77)91-54)51(72)53(39)80-61(82-58)90-31-64-12-5-14-87(64)24-34(68)19-64/h6-9,16-17,33-35,78H,3-5,10-15,18-20,23-31,77H2,1-2H3/t33?,34-,35?,64+/m1/s1. The number of halogens is 9. The van der Waals surface area contributed by atoms with Crippen molar-refractivity contribution in [3.63, 3.8) is 0 Å². The Kier molecular flexibility index (Phi) is 14.9. The lowest BCUT2D eigenvalue weighted by Crippen LogP contribution is -2.61. The minimum atomic E-state index is -2.77. The maximum Gasteiger partial charge on any atom is 0.319 e. The fraction of sp³-hybridized carbons (Fsp3) is 0.462. The molecular formula is C65H60Cl2F7N13O3S2. The van der Waals surface area contributed by atoms with Gasteiger partial charge in [-0.1, -0.05) is 41.8 Å². The van der Waals surface area contributed by atoms with Gasteiger partial charge in [0.05, 0.1) is 43.2 Å². The summed E-state index contributed by atoms with van der Waals surface area (Å²) in [5.74, 6) is -6.02. The van der Waals surface area contributed by atoms with E-state index in [1.807, 2.05) is 20.8 Å². The summed E-state index contributed by atoms with van der Waals surface area (Å²) in [7, 11) is 1.39. The van der Waals surface area contributed by atoms with Gasteiger partial charge in [-0.2, -0.15) is 30.5 Å². The lowest BCUT2D eigenvalue weighted by Gasteiger charge is -2.52. The van der Waals surface area contributed by atoms with Crippen molar-refractivity contribution < 1.29 is 45.0 Å². The Hall–Kier alpha value is -7.26. The maximum absolute atomic E-state index is 18.0. The summed E-state index contributed by atoms with van der Waals surface area (Å²) in [4.78, 5) is 41.2. The molecule has 2 spiro atoms. The van der Waals surface area contributed by atoms with E-state index in [9.17, 15) is 24.1 Å². The third-order valence-corrected chi connectivity index (χ3v) is 23.1. The molecule has 1 amide bonds. The van der Waals surface area contributed by atoms with Crippen LogP contribution in [0.3, 0.4) is 0 Å². The number of nitrogen functional groups attached to an aromatic ring is 1. The summed E-state index contributed by atoms with van der Waals surface area (Å²) >= 11 is 16.2. The molecule has 1 saturated carbocycles. The zero-order valence-electron chi connectivity index (χ0n) is 50.0. The molecule has 8 aromatic rings. The number of hydrogen-bond acceptors (Lipinski definition) is 17. The zero-order chi connectivity index (χ0) is 64.1. The van der Waals surface area contributed by atoms with Crippen LogP contribution in [0.1, 0.15) is 75.8 Å². The number of fused-ring (bicyclic) bond motifs is 5. The van der Waals surface area contributed by atoms with Crippen molar-refractivity contribution in [2.24, 2.45) is 16.7 Å². The largest absolute Gasteiger partial charge is 0.467 e. The van der Waals surface area contributed by atoms with E-state index < -0.39 is 58.3 Å². The van der Waals surface area contributed by atoms with Crippen molar-refractivity contribution in [2.45, 2.75) is 88.4 Å². The Labute approximate surface area is 541 Å². The van der Waals surface area contributed by atoms with E-state index >= 15 is 22.0 Å². The molecule has 478 valence electrons. The number of thiophene rings is 2. The minimum Gasteiger partial charge on any atom is -0.467 e. The average molecular weight is 1340 g/mol. The van der Waals surface area contributed by atoms with Gasteiger partial charge in [-0.3, -0.25) is 9.69 Å². The third-order valence-electron chi connectivity index (χ3n) is 20.3. The van der Waals surface area contributed by atoms with Crippen molar-refractivity contribution in [3.05, 3.63) is 80.8 Å². The van der Waals surface area contributed by atoms with E-state index in [2.05, 4.69) is 26.2 Å². The minimum absolute atomic E-state index is 0.000450. The molecule has 6 saturated heterocycles. The maximum atomic E-state index is 18.0. The smallest absolute Gasteiger partial charge is 0.319 e. The second kappa shape index (κ2) is 22.5. The summed E-state index contributed by atoms with van der Waals surface area (Å²) < 4.78 is 124. The predicted octanol–water partition coefficient (Wildman–Crippen LogP) is 13.4. The first kappa shape index (κ1) is 60.9. The van der Waals surface area contributed by atoms with Gasteiger partial charge in [-0.25, -0.2) is 30.7 Å². The van der Waals surface area contributed by atoms with Crippen LogP contribution in [0.2, 0.25) is 10.0 Å². The number of nitrogens with zero attached hydrogens (tertiary/aromatic N) is 11. The van der Waals surface area contributed by atoms with Crippen molar-refractivity contribution in [3.8, 4) is 46.4 Å². The molecule has 7 fully saturated rings. The monoisotopic (exact) mass is 1340 g/mol. The number of likely N-dealkylation sites (tertiary alicyclic amines) is 2. The molecule has 2 unspecified atom stereocenters. The molecule has 0 bridgehead atoms. The van der Waals surface area contributed by atoms with E-state index in [4.69, 9.17) is 53.4 Å². The number of benzene rings is 4. The highest BCUT2D eigenvalue weighted by atomic mass is 35.5. The lowest BCUT2D eigenvalue weighted by molar-refractivity contribution is -0.140. The molecule has 4 atom stereocenters. The summed E-state index contributed by atoms with van der Waals surface area (Å²) in [5, 5.41) is 25.9. The Balaban J connectivity index is 0.805. The molecule has 0 radical (unpaired) electrons. The summed E-state index contributed by atoms with van der Waals surface area (Å²) in [6.45, 7) is 6.19. The zero-order valence-corrected chi connectivity index (χ0v) is 53.1. The van der Waals surface area contributed by atoms with Crippen LogP contribution in [-0.4, -0.2) is 150 Å². The Morgan fingerprint density at radius 2 is 1.37 bits per heavy atom. The second-order valence-electron chi connectivity index (χ2n) is 26.4. The van der Waals surface area contributed by atoms with Crippen LogP contribution in [0.5, 0.6) is 12.0 Å². The average Bonchev–Trinajstić information content (AvgIpc) is 1.16. The van der Waals surface area contributed by atoms with Crippen LogP contribution in [0.15, 0.2) is 36.4 Å². The molecule has 15 rings (SSSR count). The first-order valence-corrected chi connectivity index (χ1v) is 33.1. The number of carbonyl (C=O) groups is 1. The number of ether oxygens (including phenoxy) is 2. The van der Waals surface area contributed by atoms with Gasteiger partial charge < -0.3 is 40.1 Å². The molecule has 4 aromatic heterocycles. The molecule has 16 nitrogen and oxygen atoms in total.